The minimum absolute atomic E-state index is 0.379. The van der Waals surface area contributed by atoms with Crippen molar-refractivity contribution >= 4 is 33.5 Å². The van der Waals surface area contributed by atoms with Gasteiger partial charge < -0.3 is 5.11 Å². The van der Waals surface area contributed by atoms with Gasteiger partial charge in [-0.1, -0.05) is 39.7 Å². The maximum atomic E-state index is 11.5. The fraction of sp³-hybridized carbons (Fsp3) is 0.333. The number of halogens is 2. The van der Waals surface area contributed by atoms with Crippen LogP contribution in [-0.4, -0.2) is 20.9 Å². The third kappa shape index (κ3) is 3.86. The molecule has 6 heteroatoms. The maximum absolute atomic E-state index is 11.5. The molecule has 0 aliphatic rings. The zero-order valence-corrected chi connectivity index (χ0v) is 14.1. The molecule has 1 unspecified atom stereocenters. The van der Waals surface area contributed by atoms with Gasteiger partial charge in [-0.05, 0) is 37.5 Å². The van der Waals surface area contributed by atoms with Crippen molar-refractivity contribution in [1.82, 2.24) is 9.78 Å². The molecular weight excluding hydrogens is 356 g/mol. The van der Waals surface area contributed by atoms with Crippen molar-refractivity contribution < 1.29 is 9.90 Å². The summed E-state index contributed by atoms with van der Waals surface area (Å²) in [7, 11) is 1.75. The number of benzene rings is 1. The molecule has 4 nitrogen and oxygen atoms in total. The summed E-state index contributed by atoms with van der Waals surface area (Å²) in [5.74, 6) is -1.34. The fourth-order valence-electron chi connectivity index (χ4n) is 2.30. The second kappa shape index (κ2) is 6.62. The topological polar surface area (TPSA) is 55.1 Å². The predicted octanol–water partition coefficient (Wildman–Crippen LogP) is 3.63. The maximum Gasteiger partial charge on any atom is 0.307 e. The number of carbonyl (C=O) groups is 1. The molecule has 0 amide bonds. The number of rotatable bonds is 5. The van der Waals surface area contributed by atoms with E-state index in [4.69, 9.17) is 11.6 Å². The van der Waals surface area contributed by atoms with Crippen LogP contribution in [0.3, 0.4) is 0 Å². The highest BCUT2D eigenvalue weighted by Crippen LogP contribution is 2.24. The van der Waals surface area contributed by atoms with Crippen LogP contribution in [0, 0.1) is 12.8 Å². The lowest BCUT2D eigenvalue weighted by Gasteiger charge is -2.12. The molecular formula is C15H16BrClN2O2. The molecule has 1 aromatic heterocycles. The normalized spacial score (nSPS) is 12.4. The van der Waals surface area contributed by atoms with Gasteiger partial charge in [0.05, 0.1) is 11.6 Å². The average molecular weight is 372 g/mol. The van der Waals surface area contributed by atoms with Crippen LogP contribution in [0.4, 0.5) is 0 Å². The molecule has 0 spiro atoms. The Morgan fingerprint density at radius 3 is 2.48 bits per heavy atom. The van der Waals surface area contributed by atoms with Crippen molar-refractivity contribution in [3.8, 4) is 0 Å². The summed E-state index contributed by atoms with van der Waals surface area (Å²) in [5, 5.41) is 14.2. The Kier molecular flexibility index (Phi) is 5.06. The standard InChI is InChI=1S/C15H16BrClN2O2/c1-9-13(14(17)19(2)18-9)8-11(15(20)21)7-10-3-5-12(16)6-4-10/h3-6,11H,7-8H2,1-2H3,(H,20,21). The quantitative estimate of drug-likeness (QED) is 0.873. The zero-order valence-electron chi connectivity index (χ0n) is 11.8. The molecule has 1 heterocycles. The summed E-state index contributed by atoms with van der Waals surface area (Å²) in [6.07, 6.45) is 0.844. The molecule has 1 N–H and O–H groups in total. The Morgan fingerprint density at radius 1 is 1.38 bits per heavy atom. The molecule has 0 saturated carbocycles. The number of aliphatic carboxylic acids is 1. The van der Waals surface area contributed by atoms with Crippen LogP contribution in [0.1, 0.15) is 16.8 Å². The molecule has 0 radical (unpaired) electrons. The van der Waals surface area contributed by atoms with Crippen LogP contribution in [0.15, 0.2) is 28.7 Å². The first-order valence-corrected chi connectivity index (χ1v) is 7.70. The lowest BCUT2D eigenvalue weighted by molar-refractivity contribution is -0.141. The third-order valence-corrected chi connectivity index (χ3v) is 4.47. The monoisotopic (exact) mass is 370 g/mol. The van der Waals surface area contributed by atoms with E-state index in [1.54, 1.807) is 11.7 Å². The molecule has 2 aromatic rings. The van der Waals surface area contributed by atoms with Gasteiger partial charge in [-0.15, -0.1) is 0 Å². The van der Waals surface area contributed by atoms with Crippen molar-refractivity contribution in [1.29, 1.82) is 0 Å². The highest BCUT2D eigenvalue weighted by Gasteiger charge is 2.23. The third-order valence-electron chi connectivity index (χ3n) is 3.46. The second-order valence-corrected chi connectivity index (χ2v) is 6.32. The Hall–Kier alpha value is -1.33. The Bertz CT molecular complexity index is 652. The van der Waals surface area contributed by atoms with Crippen LogP contribution in [0.25, 0.3) is 0 Å². The lowest BCUT2D eigenvalue weighted by Crippen LogP contribution is -2.19. The van der Waals surface area contributed by atoms with Gasteiger partial charge in [0.25, 0.3) is 0 Å². The Morgan fingerprint density at radius 2 is 2.00 bits per heavy atom. The highest BCUT2D eigenvalue weighted by molar-refractivity contribution is 9.10. The van der Waals surface area contributed by atoms with E-state index in [9.17, 15) is 9.90 Å². The van der Waals surface area contributed by atoms with Crippen LogP contribution < -0.4 is 0 Å². The van der Waals surface area contributed by atoms with Gasteiger partial charge in [-0.3, -0.25) is 9.48 Å². The summed E-state index contributed by atoms with van der Waals surface area (Å²) in [4.78, 5) is 11.5. The fourth-order valence-corrected chi connectivity index (χ4v) is 2.82. The van der Waals surface area contributed by atoms with E-state index in [-0.39, 0.29) is 0 Å². The largest absolute Gasteiger partial charge is 0.481 e. The van der Waals surface area contributed by atoms with E-state index in [0.717, 1.165) is 21.3 Å². The number of aryl methyl sites for hydroxylation is 2. The van der Waals surface area contributed by atoms with Gasteiger partial charge in [0, 0.05) is 17.1 Å². The Balaban J connectivity index is 2.20. The van der Waals surface area contributed by atoms with E-state index in [1.165, 1.54) is 0 Å². The number of hydrogen-bond donors (Lipinski definition) is 1. The van der Waals surface area contributed by atoms with Crippen molar-refractivity contribution in [2.45, 2.75) is 19.8 Å². The first kappa shape index (κ1) is 16.0. The molecule has 0 aliphatic heterocycles. The molecule has 1 aromatic carbocycles. The van der Waals surface area contributed by atoms with E-state index in [1.807, 2.05) is 31.2 Å². The summed E-state index contributed by atoms with van der Waals surface area (Å²) < 4.78 is 2.55. The van der Waals surface area contributed by atoms with Crippen LogP contribution in [0.5, 0.6) is 0 Å². The first-order chi connectivity index (χ1) is 9.88. The summed E-state index contributed by atoms with van der Waals surface area (Å²) in [6.45, 7) is 1.85. The number of hydrogen-bond acceptors (Lipinski definition) is 2. The van der Waals surface area contributed by atoms with Crippen LogP contribution in [-0.2, 0) is 24.7 Å². The van der Waals surface area contributed by atoms with Crippen LogP contribution >= 0.6 is 27.5 Å². The highest BCUT2D eigenvalue weighted by atomic mass is 79.9. The van der Waals surface area contributed by atoms with Gasteiger partial charge in [0.2, 0.25) is 0 Å². The Labute approximate surface area is 136 Å². The van der Waals surface area contributed by atoms with Crippen molar-refractivity contribution in [2.24, 2.45) is 13.0 Å². The second-order valence-electron chi connectivity index (χ2n) is 5.05. The lowest BCUT2D eigenvalue weighted by atomic mass is 9.93. The van der Waals surface area contributed by atoms with Crippen molar-refractivity contribution in [2.75, 3.05) is 0 Å². The molecule has 21 heavy (non-hydrogen) atoms. The number of aromatic nitrogens is 2. The molecule has 0 bridgehead atoms. The SMILES string of the molecule is Cc1nn(C)c(Cl)c1CC(Cc1ccc(Br)cc1)C(=O)O. The van der Waals surface area contributed by atoms with E-state index in [2.05, 4.69) is 21.0 Å². The predicted molar refractivity (Wildman–Crippen MR) is 85.6 cm³/mol. The molecule has 112 valence electrons. The number of carboxylic acid groups (broad SMARTS) is 1. The molecule has 0 fully saturated rings. The van der Waals surface area contributed by atoms with Gasteiger partial charge in [-0.25, -0.2) is 0 Å². The van der Waals surface area contributed by atoms with Gasteiger partial charge in [0.15, 0.2) is 0 Å². The van der Waals surface area contributed by atoms with Crippen LogP contribution in [0.2, 0.25) is 5.15 Å². The minimum atomic E-state index is -0.822. The van der Waals surface area contributed by atoms with Gasteiger partial charge >= 0.3 is 5.97 Å². The molecule has 0 aliphatic carbocycles. The summed E-state index contributed by atoms with van der Waals surface area (Å²) in [5.41, 5.74) is 2.58. The minimum Gasteiger partial charge on any atom is -0.481 e. The molecule has 2 rings (SSSR count). The smallest absolute Gasteiger partial charge is 0.307 e. The zero-order chi connectivity index (χ0) is 15.6. The van der Waals surface area contributed by atoms with Crippen molar-refractivity contribution in [3.63, 3.8) is 0 Å². The molecule has 1 atom stereocenters. The van der Waals surface area contributed by atoms with Gasteiger partial charge in [0.1, 0.15) is 5.15 Å². The number of nitrogens with zero attached hydrogens (tertiary/aromatic N) is 2. The first-order valence-electron chi connectivity index (χ1n) is 6.53. The summed E-state index contributed by atoms with van der Waals surface area (Å²) >= 11 is 9.56. The van der Waals surface area contributed by atoms with Crippen molar-refractivity contribution in [3.05, 3.63) is 50.7 Å². The van der Waals surface area contributed by atoms with Gasteiger partial charge in [-0.2, -0.15) is 5.10 Å². The molecule has 0 saturated heterocycles. The van der Waals surface area contributed by atoms with E-state index >= 15 is 0 Å². The van der Waals surface area contributed by atoms with E-state index in [0.29, 0.717) is 18.0 Å². The number of carboxylic acids is 1. The van der Waals surface area contributed by atoms with E-state index < -0.39 is 11.9 Å². The summed E-state index contributed by atoms with van der Waals surface area (Å²) in [6, 6.07) is 7.68. The average Bonchev–Trinajstić information content (AvgIpc) is 2.66.